The van der Waals surface area contributed by atoms with Crippen molar-refractivity contribution in [3.8, 4) is 0 Å². The summed E-state index contributed by atoms with van der Waals surface area (Å²) in [5, 5.41) is 11.1. The van der Waals surface area contributed by atoms with Crippen molar-refractivity contribution in [1.82, 2.24) is 10.2 Å². The quantitative estimate of drug-likeness (QED) is 0.810. The molecule has 4 nitrogen and oxygen atoms in total. The number of nitrogens with one attached hydrogen (secondary N) is 1. The number of anilines is 1. The molecule has 0 saturated carbocycles. The Morgan fingerprint density at radius 1 is 1.33 bits per heavy atom. The first kappa shape index (κ1) is 16.3. The fourth-order valence-corrected chi connectivity index (χ4v) is 4.08. The lowest BCUT2D eigenvalue weighted by atomic mass is 10.1. The molecule has 0 bridgehead atoms. The molecule has 112 valence electrons. The number of para-hydroxylation sites is 1. The van der Waals surface area contributed by atoms with E-state index in [1.54, 1.807) is 11.8 Å². The van der Waals surface area contributed by atoms with Gasteiger partial charge in [0.1, 0.15) is 0 Å². The van der Waals surface area contributed by atoms with Gasteiger partial charge in [-0.1, -0.05) is 60.0 Å². The van der Waals surface area contributed by atoms with Crippen molar-refractivity contribution in [3.63, 3.8) is 0 Å². The zero-order valence-electron chi connectivity index (χ0n) is 12.2. The van der Waals surface area contributed by atoms with Gasteiger partial charge < -0.3 is 5.32 Å². The van der Waals surface area contributed by atoms with E-state index in [-0.39, 0.29) is 5.91 Å². The first-order valence-electron chi connectivity index (χ1n) is 6.52. The average Bonchev–Trinajstić information content (AvgIpc) is 2.95. The van der Waals surface area contributed by atoms with Gasteiger partial charge in [-0.25, -0.2) is 0 Å². The second-order valence-corrected chi connectivity index (χ2v) is 7.59. The Balaban J connectivity index is 1.96. The fraction of sp³-hybridized carbons (Fsp3) is 0.357. The van der Waals surface area contributed by atoms with E-state index < -0.39 is 0 Å². The van der Waals surface area contributed by atoms with E-state index in [9.17, 15) is 4.79 Å². The first-order valence-corrected chi connectivity index (χ1v) is 9.55. The summed E-state index contributed by atoms with van der Waals surface area (Å²) in [7, 11) is 0. The normalized spacial score (nSPS) is 10.6. The number of carbonyl (C=O) groups is 1. The molecule has 0 spiro atoms. The van der Waals surface area contributed by atoms with Gasteiger partial charge >= 0.3 is 0 Å². The molecule has 1 heterocycles. The largest absolute Gasteiger partial charge is 0.325 e. The number of thioether (sulfide) groups is 2. The third-order valence-electron chi connectivity index (χ3n) is 2.89. The van der Waals surface area contributed by atoms with Crippen LogP contribution < -0.4 is 5.32 Å². The molecule has 0 radical (unpaired) electrons. The second kappa shape index (κ2) is 7.82. The van der Waals surface area contributed by atoms with E-state index in [4.69, 9.17) is 0 Å². The molecule has 2 aromatic rings. The second-order valence-electron chi connectivity index (χ2n) is 4.34. The molecule has 0 atom stereocenters. The van der Waals surface area contributed by atoms with E-state index in [1.165, 1.54) is 23.1 Å². The maximum atomic E-state index is 12.1. The molecular formula is C14H17N3OS3. The number of amides is 1. The van der Waals surface area contributed by atoms with Crippen LogP contribution in [0.15, 0.2) is 26.9 Å². The van der Waals surface area contributed by atoms with Gasteiger partial charge in [0.25, 0.3) is 0 Å². The molecule has 0 saturated heterocycles. The Morgan fingerprint density at radius 3 is 2.76 bits per heavy atom. The molecule has 7 heteroatoms. The minimum atomic E-state index is -0.00935. The highest BCUT2D eigenvalue weighted by atomic mass is 32.2. The smallest absolute Gasteiger partial charge is 0.234 e. The average molecular weight is 340 g/mol. The first-order chi connectivity index (χ1) is 10.1. The summed E-state index contributed by atoms with van der Waals surface area (Å²) in [4.78, 5) is 12.1. The van der Waals surface area contributed by atoms with Crippen LogP contribution >= 0.6 is 34.9 Å². The maximum absolute atomic E-state index is 12.1. The summed E-state index contributed by atoms with van der Waals surface area (Å²) >= 11 is 4.50. The van der Waals surface area contributed by atoms with Gasteiger partial charge in [0.2, 0.25) is 5.91 Å². The molecule has 1 amide bonds. The molecule has 0 aliphatic rings. The molecule has 0 aliphatic carbocycles. The van der Waals surface area contributed by atoms with Crippen molar-refractivity contribution >= 4 is 46.5 Å². The third-order valence-corrected chi connectivity index (χ3v) is 5.93. The van der Waals surface area contributed by atoms with Gasteiger partial charge in [0, 0.05) is 5.69 Å². The fourth-order valence-electron chi connectivity index (χ4n) is 1.84. The number of hydrogen-bond donors (Lipinski definition) is 1. The van der Waals surface area contributed by atoms with Crippen molar-refractivity contribution in [2.75, 3.05) is 17.3 Å². The summed E-state index contributed by atoms with van der Waals surface area (Å²) in [6, 6.07) is 6.08. The van der Waals surface area contributed by atoms with Crippen LogP contribution in [0.1, 0.15) is 18.1 Å². The topological polar surface area (TPSA) is 54.9 Å². The molecule has 1 aromatic carbocycles. The maximum Gasteiger partial charge on any atom is 0.234 e. The highest BCUT2D eigenvalue weighted by Gasteiger charge is 2.11. The number of rotatable bonds is 6. The Labute approximate surface area is 137 Å². The Bertz CT molecular complexity index is 628. The number of hydrogen-bond acceptors (Lipinski definition) is 6. The Hall–Kier alpha value is -1.05. The van der Waals surface area contributed by atoms with Gasteiger partial charge in [0.15, 0.2) is 8.68 Å². The Morgan fingerprint density at radius 2 is 2.10 bits per heavy atom. The van der Waals surface area contributed by atoms with Gasteiger partial charge in [0.05, 0.1) is 5.75 Å². The van der Waals surface area contributed by atoms with Gasteiger partial charge in [-0.2, -0.15) is 0 Å². The summed E-state index contributed by atoms with van der Waals surface area (Å²) in [5.74, 6) is 0.338. The van der Waals surface area contributed by atoms with E-state index in [0.29, 0.717) is 5.75 Å². The van der Waals surface area contributed by atoms with Crippen molar-refractivity contribution in [2.24, 2.45) is 0 Å². The Kier molecular flexibility index (Phi) is 6.08. The minimum Gasteiger partial charge on any atom is -0.325 e. The van der Waals surface area contributed by atoms with Crippen molar-refractivity contribution in [2.45, 2.75) is 28.9 Å². The standard InChI is InChI=1S/C14H17N3OS3/c1-4-10-7-5-6-9(2)12(10)15-11(18)8-20-14-17-16-13(19-3)21-14/h5-7H,4,8H2,1-3H3,(H,15,18). The van der Waals surface area contributed by atoms with Crippen LogP contribution in [0.3, 0.4) is 0 Å². The number of aryl methyl sites for hydroxylation is 2. The summed E-state index contributed by atoms with van der Waals surface area (Å²) < 4.78 is 1.75. The summed E-state index contributed by atoms with van der Waals surface area (Å²) in [6.45, 7) is 4.10. The van der Waals surface area contributed by atoms with Crippen LogP contribution in [0.2, 0.25) is 0 Å². The van der Waals surface area contributed by atoms with Crippen LogP contribution in [0, 0.1) is 6.92 Å². The van der Waals surface area contributed by atoms with Crippen LogP contribution in [-0.4, -0.2) is 28.1 Å². The molecular weight excluding hydrogens is 322 g/mol. The zero-order chi connectivity index (χ0) is 15.2. The van der Waals surface area contributed by atoms with Crippen LogP contribution in [0.4, 0.5) is 5.69 Å². The van der Waals surface area contributed by atoms with Crippen molar-refractivity contribution in [1.29, 1.82) is 0 Å². The molecule has 0 unspecified atom stereocenters. The molecule has 2 rings (SSSR count). The van der Waals surface area contributed by atoms with Gasteiger partial charge in [-0.15, -0.1) is 10.2 Å². The summed E-state index contributed by atoms with van der Waals surface area (Å²) in [6.07, 6.45) is 2.87. The van der Waals surface area contributed by atoms with Crippen LogP contribution in [0.25, 0.3) is 0 Å². The van der Waals surface area contributed by atoms with Crippen LogP contribution in [-0.2, 0) is 11.2 Å². The van der Waals surface area contributed by atoms with E-state index in [1.807, 2.05) is 31.4 Å². The predicted molar refractivity (Wildman–Crippen MR) is 91.6 cm³/mol. The molecule has 1 N–H and O–H groups in total. The molecule has 21 heavy (non-hydrogen) atoms. The highest BCUT2D eigenvalue weighted by Crippen LogP contribution is 2.27. The van der Waals surface area contributed by atoms with E-state index in [2.05, 4.69) is 22.4 Å². The molecule has 1 aromatic heterocycles. The van der Waals surface area contributed by atoms with Gasteiger partial charge in [-0.3, -0.25) is 4.79 Å². The van der Waals surface area contributed by atoms with Crippen LogP contribution in [0.5, 0.6) is 0 Å². The number of benzene rings is 1. The number of aromatic nitrogens is 2. The predicted octanol–water partition coefficient (Wildman–Crippen LogP) is 3.86. The lowest BCUT2D eigenvalue weighted by Gasteiger charge is -2.12. The van der Waals surface area contributed by atoms with Crippen molar-refractivity contribution in [3.05, 3.63) is 29.3 Å². The molecule has 0 fully saturated rings. The SMILES string of the molecule is CCc1cccc(C)c1NC(=O)CSc1nnc(SC)s1. The number of carbonyl (C=O) groups excluding carboxylic acids is 1. The zero-order valence-corrected chi connectivity index (χ0v) is 14.6. The minimum absolute atomic E-state index is 0.00935. The lowest BCUT2D eigenvalue weighted by Crippen LogP contribution is -2.16. The van der Waals surface area contributed by atoms with Crippen molar-refractivity contribution < 1.29 is 4.79 Å². The highest BCUT2D eigenvalue weighted by molar-refractivity contribution is 8.03. The van der Waals surface area contributed by atoms with Gasteiger partial charge in [-0.05, 0) is 30.7 Å². The van der Waals surface area contributed by atoms with E-state index in [0.717, 1.165) is 31.9 Å². The monoisotopic (exact) mass is 339 g/mol. The summed E-state index contributed by atoms with van der Waals surface area (Å²) in [5.41, 5.74) is 3.19. The number of nitrogens with zero attached hydrogens (tertiary/aromatic N) is 2. The lowest BCUT2D eigenvalue weighted by molar-refractivity contribution is -0.113. The molecule has 0 aliphatic heterocycles. The third kappa shape index (κ3) is 4.46. The van der Waals surface area contributed by atoms with E-state index >= 15 is 0 Å².